The number of hydrogen-bond acceptors (Lipinski definition) is 3. The Morgan fingerprint density at radius 1 is 1.17 bits per heavy atom. The lowest BCUT2D eigenvalue weighted by atomic mass is 9.97. The normalized spacial score (nSPS) is 20.9. The van der Waals surface area contributed by atoms with Crippen molar-refractivity contribution in [1.29, 1.82) is 0 Å². The van der Waals surface area contributed by atoms with Crippen molar-refractivity contribution in [1.82, 2.24) is 10.2 Å². The van der Waals surface area contributed by atoms with Gasteiger partial charge in [-0.05, 0) is 37.8 Å². The Morgan fingerprint density at radius 2 is 1.96 bits per heavy atom. The molecule has 1 atom stereocenters. The summed E-state index contributed by atoms with van der Waals surface area (Å²) < 4.78 is 5.58. The van der Waals surface area contributed by atoms with E-state index in [0.29, 0.717) is 25.6 Å². The van der Waals surface area contributed by atoms with E-state index < -0.39 is 0 Å². The Bertz CT molecular complexity index is 542. The highest BCUT2D eigenvalue weighted by molar-refractivity contribution is 5.81. The molecule has 0 radical (unpaired) electrons. The number of piperidine rings is 1. The fourth-order valence-corrected chi connectivity index (χ4v) is 2.90. The van der Waals surface area contributed by atoms with Gasteiger partial charge >= 0.3 is 0 Å². The lowest BCUT2D eigenvalue weighted by Crippen LogP contribution is -2.46. The number of likely N-dealkylation sites (tertiary alicyclic amines) is 1. The van der Waals surface area contributed by atoms with Gasteiger partial charge in [0.25, 0.3) is 0 Å². The van der Waals surface area contributed by atoms with Crippen LogP contribution in [0.5, 0.6) is 5.75 Å². The predicted molar refractivity (Wildman–Crippen MR) is 87.0 cm³/mol. The van der Waals surface area contributed by atoms with Crippen molar-refractivity contribution in [3.63, 3.8) is 0 Å². The van der Waals surface area contributed by atoms with Crippen LogP contribution >= 0.6 is 0 Å². The van der Waals surface area contributed by atoms with E-state index in [4.69, 9.17) is 4.74 Å². The van der Waals surface area contributed by atoms with Crippen LogP contribution in [-0.4, -0.2) is 42.5 Å². The molecule has 124 valence electrons. The Balaban J connectivity index is 1.42. The van der Waals surface area contributed by atoms with Crippen LogP contribution in [0.2, 0.25) is 0 Å². The molecule has 1 aliphatic carbocycles. The van der Waals surface area contributed by atoms with Crippen molar-refractivity contribution in [2.45, 2.75) is 38.1 Å². The molecule has 1 N–H and O–H groups in total. The summed E-state index contributed by atoms with van der Waals surface area (Å²) in [5.41, 5.74) is 0. The second kappa shape index (κ2) is 7.49. The van der Waals surface area contributed by atoms with E-state index in [1.807, 2.05) is 35.2 Å². The maximum absolute atomic E-state index is 12.3. The first-order valence-corrected chi connectivity index (χ1v) is 8.48. The molecule has 2 fully saturated rings. The van der Waals surface area contributed by atoms with Crippen LogP contribution in [0.1, 0.15) is 32.1 Å². The zero-order valence-electron chi connectivity index (χ0n) is 13.4. The third-order valence-electron chi connectivity index (χ3n) is 4.40. The van der Waals surface area contributed by atoms with Gasteiger partial charge in [-0.15, -0.1) is 0 Å². The van der Waals surface area contributed by atoms with Gasteiger partial charge in [0.1, 0.15) is 5.75 Å². The number of rotatable bonds is 6. The zero-order chi connectivity index (χ0) is 16.1. The van der Waals surface area contributed by atoms with Gasteiger partial charge in [-0.25, -0.2) is 0 Å². The number of benzene rings is 1. The number of nitrogens with one attached hydrogen (secondary N) is 1. The average Bonchev–Trinajstić information content (AvgIpc) is 3.40. The van der Waals surface area contributed by atoms with Gasteiger partial charge in [0, 0.05) is 19.1 Å². The van der Waals surface area contributed by atoms with Crippen molar-refractivity contribution >= 4 is 11.8 Å². The van der Waals surface area contributed by atoms with E-state index in [9.17, 15) is 9.59 Å². The van der Waals surface area contributed by atoms with Crippen molar-refractivity contribution in [2.75, 3.05) is 19.7 Å². The minimum atomic E-state index is -0.0525. The molecule has 1 aliphatic heterocycles. The molecule has 1 aromatic rings. The van der Waals surface area contributed by atoms with Gasteiger partial charge in [0.15, 0.2) is 0 Å². The van der Waals surface area contributed by atoms with Gasteiger partial charge in [0.2, 0.25) is 11.8 Å². The molecule has 5 heteroatoms. The summed E-state index contributed by atoms with van der Waals surface area (Å²) in [6.45, 7) is 1.67. The van der Waals surface area contributed by atoms with Gasteiger partial charge < -0.3 is 15.0 Å². The van der Waals surface area contributed by atoms with Crippen LogP contribution in [0, 0.1) is 5.92 Å². The van der Waals surface area contributed by atoms with Gasteiger partial charge in [0.05, 0.1) is 18.9 Å². The van der Waals surface area contributed by atoms with Crippen molar-refractivity contribution in [2.24, 2.45) is 5.92 Å². The number of carbonyl (C=O) groups excluding carboxylic acids is 2. The molecule has 1 saturated carbocycles. The van der Waals surface area contributed by atoms with Crippen LogP contribution in [0.15, 0.2) is 30.3 Å². The summed E-state index contributed by atoms with van der Waals surface area (Å²) in [6.07, 6.45) is 4.32. The lowest BCUT2D eigenvalue weighted by Gasteiger charge is -2.32. The van der Waals surface area contributed by atoms with Crippen LogP contribution in [0.3, 0.4) is 0 Å². The molecular weight excluding hydrogens is 292 g/mol. The van der Waals surface area contributed by atoms with Crippen LogP contribution in [-0.2, 0) is 9.59 Å². The third-order valence-corrected chi connectivity index (χ3v) is 4.40. The summed E-state index contributed by atoms with van der Waals surface area (Å²) in [7, 11) is 0. The highest BCUT2D eigenvalue weighted by atomic mass is 16.5. The topological polar surface area (TPSA) is 58.6 Å². The molecule has 1 aromatic carbocycles. The molecule has 1 unspecified atom stereocenters. The highest BCUT2D eigenvalue weighted by Crippen LogP contribution is 2.22. The lowest BCUT2D eigenvalue weighted by molar-refractivity contribution is -0.136. The molecule has 2 aliphatic rings. The van der Waals surface area contributed by atoms with Gasteiger partial charge in [-0.3, -0.25) is 9.59 Å². The summed E-state index contributed by atoms with van der Waals surface area (Å²) in [4.78, 5) is 26.3. The highest BCUT2D eigenvalue weighted by Gasteiger charge is 2.31. The molecule has 0 aromatic heterocycles. The van der Waals surface area contributed by atoms with Gasteiger partial charge in [-0.1, -0.05) is 18.2 Å². The van der Waals surface area contributed by atoms with E-state index in [0.717, 1.165) is 38.0 Å². The molecule has 1 heterocycles. The Labute approximate surface area is 137 Å². The average molecular weight is 316 g/mol. The minimum Gasteiger partial charge on any atom is -0.493 e. The monoisotopic (exact) mass is 316 g/mol. The van der Waals surface area contributed by atoms with Crippen LogP contribution in [0.4, 0.5) is 0 Å². The third kappa shape index (κ3) is 4.71. The van der Waals surface area contributed by atoms with Crippen molar-refractivity contribution in [3.8, 4) is 5.75 Å². The Kier molecular flexibility index (Phi) is 5.16. The number of nitrogens with zero attached hydrogens (tertiary/aromatic N) is 1. The predicted octanol–water partition coefficient (Wildman–Crippen LogP) is 1.97. The van der Waals surface area contributed by atoms with Crippen LogP contribution < -0.4 is 10.1 Å². The maximum atomic E-state index is 12.3. The number of carbonyl (C=O) groups is 2. The SMILES string of the molecule is O=C(NC1CC1)C1CCCN(C(=O)CCOc2ccccc2)C1. The fourth-order valence-electron chi connectivity index (χ4n) is 2.90. The van der Waals surface area contributed by atoms with E-state index >= 15 is 0 Å². The zero-order valence-corrected chi connectivity index (χ0v) is 13.4. The second-order valence-corrected chi connectivity index (χ2v) is 6.37. The van der Waals surface area contributed by atoms with E-state index in [2.05, 4.69) is 5.32 Å². The number of amides is 2. The second-order valence-electron chi connectivity index (χ2n) is 6.37. The fraction of sp³-hybridized carbons (Fsp3) is 0.556. The number of ether oxygens (including phenoxy) is 1. The molecule has 2 amide bonds. The van der Waals surface area contributed by atoms with E-state index in [1.54, 1.807) is 0 Å². The molecule has 3 rings (SSSR count). The molecular formula is C18H24N2O3. The first-order chi connectivity index (χ1) is 11.2. The summed E-state index contributed by atoms with van der Waals surface area (Å²) in [6, 6.07) is 9.88. The molecule has 5 nitrogen and oxygen atoms in total. The van der Waals surface area contributed by atoms with Crippen LogP contribution in [0.25, 0.3) is 0 Å². The minimum absolute atomic E-state index is 0.0525. The largest absolute Gasteiger partial charge is 0.493 e. The Morgan fingerprint density at radius 3 is 2.70 bits per heavy atom. The van der Waals surface area contributed by atoms with E-state index in [1.165, 1.54) is 0 Å². The first kappa shape index (κ1) is 15.8. The summed E-state index contributed by atoms with van der Waals surface area (Å²) in [5, 5.41) is 3.05. The van der Waals surface area contributed by atoms with Gasteiger partial charge in [-0.2, -0.15) is 0 Å². The van der Waals surface area contributed by atoms with E-state index in [-0.39, 0.29) is 17.7 Å². The van der Waals surface area contributed by atoms with Crippen molar-refractivity contribution < 1.29 is 14.3 Å². The smallest absolute Gasteiger partial charge is 0.226 e. The maximum Gasteiger partial charge on any atom is 0.226 e. The molecule has 1 saturated heterocycles. The summed E-state index contributed by atoms with van der Waals surface area (Å²) >= 11 is 0. The molecule has 0 bridgehead atoms. The number of hydrogen-bond donors (Lipinski definition) is 1. The first-order valence-electron chi connectivity index (χ1n) is 8.48. The van der Waals surface area contributed by atoms with Crippen molar-refractivity contribution in [3.05, 3.63) is 30.3 Å². The molecule has 0 spiro atoms. The Hall–Kier alpha value is -2.04. The number of para-hydroxylation sites is 1. The standard InChI is InChI=1S/C18H24N2O3/c21-17(10-12-23-16-6-2-1-3-7-16)20-11-4-5-14(13-20)18(22)19-15-8-9-15/h1-3,6-7,14-15H,4-5,8-13H2,(H,19,22). The summed E-state index contributed by atoms with van der Waals surface area (Å²) in [5.74, 6) is 0.916. The quantitative estimate of drug-likeness (QED) is 0.873. The molecule has 23 heavy (non-hydrogen) atoms.